The lowest BCUT2D eigenvalue weighted by molar-refractivity contribution is -0.122. The molecule has 2 aliphatic heterocycles. The third kappa shape index (κ3) is 5.33. The highest BCUT2D eigenvalue weighted by Crippen LogP contribution is 2.36. The van der Waals surface area contributed by atoms with Crippen LogP contribution in [0.3, 0.4) is 0 Å². The summed E-state index contributed by atoms with van der Waals surface area (Å²) < 4.78 is 15.0. The number of carbonyl (C=O) groups excluding carboxylic acids is 1. The highest BCUT2D eigenvalue weighted by Gasteiger charge is 2.33. The van der Waals surface area contributed by atoms with Crippen LogP contribution in [0.5, 0.6) is 0 Å². The average molecular weight is 486 g/mol. The van der Waals surface area contributed by atoms with Gasteiger partial charge >= 0.3 is 0 Å². The Morgan fingerprint density at radius 1 is 1.00 bits per heavy atom. The molecule has 2 heterocycles. The number of anilines is 1. The summed E-state index contributed by atoms with van der Waals surface area (Å²) >= 11 is 1.35. The summed E-state index contributed by atoms with van der Waals surface area (Å²) in [4.78, 5) is 22.6. The molecule has 178 valence electrons. The van der Waals surface area contributed by atoms with E-state index in [0.717, 1.165) is 54.7 Å². The average Bonchev–Trinajstić information content (AvgIpc) is 3.50. The first-order valence-corrected chi connectivity index (χ1v) is 12.8. The van der Waals surface area contributed by atoms with Crippen molar-refractivity contribution >= 4 is 40.3 Å². The van der Waals surface area contributed by atoms with Gasteiger partial charge in [0.15, 0.2) is 5.17 Å². The van der Waals surface area contributed by atoms with Gasteiger partial charge in [-0.15, -0.1) is 0 Å². The Balaban J connectivity index is 1.44. The van der Waals surface area contributed by atoms with Crippen LogP contribution in [0.15, 0.2) is 82.7 Å². The van der Waals surface area contributed by atoms with Gasteiger partial charge in [-0.3, -0.25) is 9.69 Å². The zero-order valence-electron chi connectivity index (χ0n) is 19.8. The Labute approximate surface area is 210 Å². The normalized spacial score (nSPS) is 18.3. The first-order chi connectivity index (χ1) is 17.1. The van der Waals surface area contributed by atoms with Crippen LogP contribution < -0.4 is 4.90 Å². The Hall–Kier alpha value is -3.38. The van der Waals surface area contributed by atoms with Gasteiger partial charge in [-0.1, -0.05) is 48.5 Å². The number of amides is 1. The number of rotatable bonds is 6. The minimum Gasteiger partial charge on any atom is -0.369 e. The van der Waals surface area contributed by atoms with Gasteiger partial charge in [0, 0.05) is 19.6 Å². The second kappa shape index (κ2) is 10.5. The number of amidine groups is 1. The number of benzene rings is 3. The topological polar surface area (TPSA) is 35.9 Å². The standard InChI is InChI=1S/C29H28FN3OS/c1-21-18-26(32-15-8-9-16-32)25(30)19-23(21)20-27-28(34)33(17-14-22-10-4-2-5-11-22)29(35-27)31-24-12-6-3-7-13-24/h2-7,10-13,18-20H,8-9,14-17H2,1H3/b27-20-,31-29?. The van der Waals surface area contributed by atoms with Gasteiger partial charge < -0.3 is 4.90 Å². The molecule has 2 aliphatic rings. The summed E-state index contributed by atoms with van der Waals surface area (Å²) in [5.74, 6) is -0.331. The number of carbonyl (C=O) groups is 1. The van der Waals surface area contributed by atoms with E-state index in [-0.39, 0.29) is 11.7 Å². The largest absolute Gasteiger partial charge is 0.369 e. The van der Waals surface area contributed by atoms with Crippen molar-refractivity contribution in [2.75, 3.05) is 24.5 Å². The van der Waals surface area contributed by atoms with Crippen molar-refractivity contribution in [1.82, 2.24) is 4.90 Å². The van der Waals surface area contributed by atoms with E-state index in [1.165, 1.54) is 11.8 Å². The number of para-hydroxylation sites is 1. The number of halogens is 1. The van der Waals surface area contributed by atoms with Crippen molar-refractivity contribution in [2.45, 2.75) is 26.2 Å². The molecule has 0 radical (unpaired) electrons. The number of thioether (sulfide) groups is 1. The Bertz CT molecular complexity index is 1270. The van der Waals surface area contributed by atoms with Crippen LogP contribution in [0, 0.1) is 12.7 Å². The lowest BCUT2D eigenvalue weighted by Crippen LogP contribution is -2.31. The predicted octanol–water partition coefficient (Wildman–Crippen LogP) is 6.58. The monoisotopic (exact) mass is 485 g/mol. The molecule has 4 nitrogen and oxygen atoms in total. The number of hydrogen-bond donors (Lipinski definition) is 0. The van der Waals surface area contributed by atoms with E-state index in [4.69, 9.17) is 4.99 Å². The van der Waals surface area contributed by atoms with E-state index >= 15 is 4.39 Å². The summed E-state index contributed by atoms with van der Waals surface area (Å²) in [5.41, 5.74) is 4.30. The van der Waals surface area contributed by atoms with Crippen LogP contribution >= 0.6 is 11.8 Å². The number of aliphatic imine (C=N–C) groups is 1. The fourth-order valence-electron chi connectivity index (χ4n) is 4.47. The highest BCUT2D eigenvalue weighted by molar-refractivity contribution is 8.18. The molecule has 0 spiro atoms. The smallest absolute Gasteiger partial charge is 0.266 e. The maximum Gasteiger partial charge on any atom is 0.266 e. The van der Waals surface area contributed by atoms with Crippen molar-refractivity contribution < 1.29 is 9.18 Å². The lowest BCUT2D eigenvalue weighted by atomic mass is 10.1. The third-order valence-corrected chi connectivity index (χ3v) is 7.41. The van der Waals surface area contributed by atoms with E-state index in [0.29, 0.717) is 22.3 Å². The molecular formula is C29H28FN3OS. The fraction of sp³-hybridized carbons (Fsp3) is 0.241. The van der Waals surface area contributed by atoms with Crippen molar-refractivity contribution in [3.63, 3.8) is 0 Å². The molecule has 35 heavy (non-hydrogen) atoms. The molecular weight excluding hydrogens is 457 g/mol. The van der Waals surface area contributed by atoms with E-state index in [1.54, 1.807) is 11.0 Å². The van der Waals surface area contributed by atoms with Gasteiger partial charge in [-0.05, 0) is 85.0 Å². The predicted molar refractivity (Wildman–Crippen MR) is 144 cm³/mol. The molecule has 2 saturated heterocycles. The van der Waals surface area contributed by atoms with Gasteiger partial charge in [0.2, 0.25) is 0 Å². The molecule has 6 heteroatoms. The van der Waals surface area contributed by atoms with Gasteiger partial charge in [0.25, 0.3) is 5.91 Å². The molecule has 3 aromatic carbocycles. The van der Waals surface area contributed by atoms with E-state index in [2.05, 4.69) is 17.0 Å². The molecule has 0 atom stereocenters. The summed E-state index contributed by atoms with van der Waals surface area (Å²) in [5, 5.41) is 0.648. The highest BCUT2D eigenvalue weighted by atomic mass is 32.2. The first-order valence-electron chi connectivity index (χ1n) is 12.0. The van der Waals surface area contributed by atoms with Crippen LogP contribution in [-0.4, -0.2) is 35.6 Å². The Morgan fingerprint density at radius 2 is 1.69 bits per heavy atom. The summed E-state index contributed by atoms with van der Waals surface area (Å²) in [7, 11) is 0. The third-order valence-electron chi connectivity index (χ3n) is 6.40. The number of hydrogen-bond acceptors (Lipinski definition) is 4. The van der Waals surface area contributed by atoms with Crippen molar-refractivity contribution in [3.05, 3.63) is 100 Å². The first kappa shape index (κ1) is 23.4. The van der Waals surface area contributed by atoms with Gasteiger partial charge in [-0.25, -0.2) is 9.38 Å². The van der Waals surface area contributed by atoms with Crippen LogP contribution in [-0.2, 0) is 11.2 Å². The van der Waals surface area contributed by atoms with Crippen LogP contribution in [0.1, 0.15) is 29.5 Å². The molecule has 1 amide bonds. The van der Waals surface area contributed by atoms with E-state index in [1.807, 2.05) is 67.6 Å². The van der Waals surface area contributed by atoms with Gasteiger partial charge in [-0.2, -0.15) is 0 Å². The molecule has 0 aliphatic carbocycles. The zero-order valence-corrected chi connectivity index (χ0v) is 20.6. The van der Waals surface area contributed by atoms with Crippen molar-refractivity contribution in [1.29, 1.82) is 0 Å². The molecule has 0 bridgehead atoms. The molecule has 2 fully saturated rings. The van der Waals surface area contributed by atoms with Crippen LogP contribution in [0.25, 0.3) is 6.08 Å². The molecule has 3 aromatic rings. The summed E-state index contributed by atoms with van der Waals surface area (Å²) in [6.07, 6.45) is 4.73. The zero-order chi connectivity index (χ0) is 24.2. The number of nitrogens with zero attached hydrogens (tertiary/aromatic N) is 3. The van der Waals surface area contributed by atoms with Crippen molar-refractivity contribution in [2.24, 2.45) is 4.99 Å². The minimum atomic E-state index is -0.237. The Morgan fingerprint density at radius 3 is 2.40 bits per heavy atom. The van der Waals surface area contributed by atoms with Gasteiger partial charge in [0.05, 0.1) is 16.3 Å². The summed E-state index contributed by atoms with van der Waals surface area (Å²) in [6, 6.07) is 23.2. The molecule has 5 rings (SSSR count). The van der Waals surface area contributed by atoms with Crippen LogP contribution in [0.2, 0.25) is 0 Å². The minimum absolute atomic E-state index is 0.0935. The van der Waals surface area contributed by atoms with E-state index < -0.39 is 0 Å². The quantitative estimate of drug-likeness (QED) is 0.370. The van der Waals surface area contributed by atoms with Crippen molar-refractivity contribution in [3.8, 4) is 0 Å². The maximum absolute atomic E-state index is 15.0. The SMILES string of the molecule is Cc1cc(N2CCCC2)c(F)cc1/C=C1\SC(=Nc2ccccc2)N(CCc2ccccc2)C1=O. The molecule has 0 saturated carbocycles. The molecule has 0 N–H and O–H groups in total. The number of aryl methyl sites for hydroxylation is 1. The molecule has 0 aromatic heterocycles. The lowest BCUT2D eigenvalue weighted by Gasteiger charge is -2.19. The summed E-state index contributed by atoms with van der Waals surface area (Å²) in [6.45, 7) is 4.28. The Kier molecular flexibility index (Phi) is 7.00. The second-order valence-electron chi connectivity index (χ2n) is 8.89. The maximum atomic E-state index is 15.0. The molecule has 0 unspecified atom stereocenters. The van der Waals surface area contributed by atoms with Gasteiger partial charge in [0.1, 0.15) is 5.82 Å². The fourth-order valence-corrected chi connectivity index (χ4v) is 5.48. The second-order valence-corrected chi connectivity index (χ2v) is 9.90. The van der Waals surface area contributed by atoms with Crippen LogP contribution in [0.4, 0.5) is 15.8 Å². The van der Waals surface area contributed by atoms with E-state index in [9.17, 15) is 4.79 Å².